The molecule has 0 amide bonds. The molecule has 2 aliphatic rings. The molecule has 2 fully saturated rings. The van der Waals surface area contributed by atoms with E-state index in [0.29, 0.717) is 24.4 Å². The third-order valence-electron chi connectivity index (χ3n) is 3.58. The second-order valence-electron chi connectivity index (χ2n) is 5.49. The van der Waals surface area contributed by atoms with E-state index in [1.54, 1.807) is 0 Å². The third-order valence-corrected chi connectivity index (χ3v) is 3.58. The highest BCUT2D eigenvalue weighted by Gasteiger charge is 2.29. The largest absolute Gasteiger partial charge is 0.373 e. The lowest BCUT2D eigenvalue weighted by Gasteiger charge is -2.36. The van der Waals surface area contributed by atoms with E-state index in [0.717, 1.165) is 26.2 Å². The molecule has 4 unspecified atom stereocenters. The average Bonchev–Trinajstić information content (AvgIpc) is 2.64. The number of nitrogens with zero attached hydrogens (tertiary/aromatic N) is 1. The zero-order valence-corrected chi connectivity index (χ0v) is 11.3. The number of hydrogen-bond donors (Lipinski definition) is 1. The van der Waals surface area contributed by atoms with Crippen LogP contribution in [0.2, 0.25) is 0 Å². The zero-order valence-electron chi connectivity index (χ0n) is 11.3. The van der Waals surface area contributed by atoms with Gasteiger partial charge in [0.2, 0.25) is 0 Å². The molecule has 2 saturated heterocycles. The number of likely N-dealkylation sites (N-methyl/N-ethyl adjacent to an activating group) is 1. The van der Waals surface area contributed by atoms with E-state index in [4.69, 9.17) is 9.47 Å². The van der Waals surface area contributed by atoms with Crippen molar-refractivity contribution >= 4 is 0 Å². The standard InChI is InChI=1S/C13H26N2O2/c1-10-7-15(8-11(2)16-10)9-13-5-4-12(17-13)6-14-3/h10-14H,4-9H2,1-3H3. The first kappa shape index (κ1) is 13.3. The fourth-order valence-corrected chi connectivity index (χ4v) is 3.01. The summed E-state index contributed by atoms with van der Waals surface area (Å²) in [5, 5.41) is 3.19. The van der Waals surface area contributed by atoms with E-state index in [9.17, 15) is 0 Å². The van der Waals surface area contributed by atoms with E-state index in [1.807, 2.05) is 7.05 Å². The van der Waals surface area contributed by atoms with E-state index in [-0.39, 0.29) is 0 Å². The lowest BCUT2D eigenvalue weighted by molar-refractivity contribution is -0.0811. The minimum absolute atomic E-state index is 0.355. The molecule has 17 heavy (non-hydrogen) atoms. The van der Waals surface area contributed by atoms with Crippen LogP contribution in [0.25, 0.3) is 0 Å². The van der Waals surface area contributed by atoms with Gasteiger partial charge in [0.25, 0.3) is 0 Å². The Morgan fingerprint density at radius 2 is 1.71 bits per heavy atom. The summed E-state index contributed by atoms with van der Waals surface area (Å²) in [6.45, 7) is 8.44. The van der Waals surface area contributed by atoms with Gasteiger partial charge < -0.3 is 14.8 Å². The van der Waals surface area contributed by atoms with Crippen molar-refractivity contribution in [1.29, 1.82) is 0 Å². The summed E-state index contributed by atoms with van der Waals surface area (Å²) in [5.41, 5.74) is 0. The number of nitrogens with one attached hydrogen (secondary N) is 1. The highest BCUT2D eigenvalue weighted by atomic mass is 16.5. The lowest BCUT2D eigenvalue weighted by atomic mass is 10.1. The number of ether oxygens (including phenoxy) is 2. The third kappa shape index (κ3) is 3.91. The van der Waals surface area contributed by atoms with Crippen LogP contribution in [0.4, 0.5) is 0 Å². The molecule has 2 heterocycles. The number of morpholine rings is 1. The van der Waals surface area contributed by atoms with Crippen LogP contribution in [0, 0.1) is 0 Å². The van der Waals surface area contributed by atoms with Crippen molar-refractivity contribution in [2.45, 2.75) is 51.1 Å². The van der Waals surface area contributed by atoms with Gasteiger partial charge >= 0.3 is 0 Å². The summed E-state index contributed by atoms with van der Waals surface area (Å²) in [5.74, 6) is 0. The molecule has 4 atom stereocenters. The van der Waals surface area contributed by atoms with Crippen LogP contribution < -0.4 is 5.32 Å². The van der Waals surface area contributed by atoms with Gasteiger partial charge in [0.15, 0.2) is 0 Å². The molecule has 0 bridgehead atoms. The van der Waals surface area contributed by atoms with Crippen LogP contribution in [0.3, 0.4) is 0 Å². The fraction of sp³-hybridized carbons (Fsp3) is 1.00. The quantitative estimate of drug-likeness (QED) is 0.793. The molecule has 2 aliphatic heterocycles. The Balaban J connectivity index is 1.74. The van der Waals surface area contributed by atoms with E-state index >= 15 is 0 Å². The van der Waals surface area contributed by atoms with Crippen LogP contribution in [0.5, 0.6) is 0 Å². The Morgan fingerprint density at radius 3 is 2.35 bits per heavy atom. The summed E-state index contributed by atoms with van der Waals surface area (Å²) in [6, 6.07) is 0. The molecule has 2 rings (SSSR count). The predicted molar refractivity (Wildman–Crippen MR) is 68.3 cm³/mol. The molecule has 0 saturated carbocycles. The summed E-state index contributed by atoms with van der Waals surface area (Å²) in [4.78, 5) is 2.49. The molecule has 0 aliphatic carbocycles. The van der Waals surface area contributed by atoms with Crippen molar-refractivity contribution in [3.05, 3.63) is 0 Å². The van der Waals surface area contributed by atoms with Crippen molar-refractivity contribution in [3.8, 4) is 0 Å². The molecule has 0 radical (unpaired) electrons. The zero-order chi connectivity index (χ0) is 12.3. The molecule has 0 aromatic carbocycles. The topological polar surface area (TPSA) is 33.7 Å². The SMILES string of the molecule is CNCC1CCC(CN2CC(C)OC(C)C2)O1. The van der Waals surface area contributed by atoms with Gasteiger partial charge in [-0.3, -0.25) is 4.90 Å². The first-order valence-corrected chi connectivity index (χ1v) is 6.85. The molecule has 0 aromatic heterocycles. The highest BCUT2D eigenvalue weighted by Crippen LogP contribution is 2.21. The van der Waals surface area contributed by atoms with Gasteiger partial charge in [-0.05, 0) is 33.7 Å². The van der Waals surface area contributed by atoms with Crippen LogP contribution in [0.15, 0.2) is 0 Å². The van der Waals surface area contributed by atoms with Gasteiger partial charge in [-0.1, -0.05) is 0 Å². The maximum absolute atomic E-state index is 6.03. The Hall–Kier alpha value is -0.160. The van der Waals surface area contributed by atoms with E-state index < -0.39 is 0 Å². The molecule has 4 nitrogen and oxygen atoms in total. The maximum Gasteiger partial charge on any atom is 0.0707 e. The Bertz CT molecular complexity index is 227. The van der Waals surface area contributed by atoms with Crippen molar-refractivity contribution in [1.82, 2.24) is 10.2 Å². The molecule has 0 aromatic rings. The minimum Gasteiger partial charge on any atom is -0.373 e. The Labute approximate surface area is 105 Å². The molecule has 0 spiro atoms. The van der Waals surface area contributed by atoms with E-state index in [2.05, 4.69) is 24.1 Å². The molecular formula is C13H26N2O2. The normalized spacial score (nSPS) is 39.7. The first-order valence-electron chi connectivity index (χ1n) is 6.85. The Morgan fingerprint density at radius 1 is 1.06 bits per heavy atom. The van der Waals surface area contributed by atoms with Gasteiger partial charge in [-0.15, -0.1) is 0 Å². The van der Waals surface area contributed by atoms with Crippen molar-refractivity contribution < 1.29 is 9.47 Å². The average molecular weight is 242 g/mol. The van der Waals surface area contributed by atoms with Crippen molar-refractivity contribution in [3.63, 3.8) is 0 Å². The van der Waals surface area contributed by atoms with Crippen LogP contribution in [-0.4, -0.2) is 62.5 Å². The van der Waals surface area contributed by atoms with Crippen molar-refractivity contribution in [2.24, 2.45) is 0 Å². The summed E-state index contributed by atoms with van der Waals surface area (Å²) >= 11 is 0. The highest BCUT2D eigenvalue weighted by molar-refractivity contribution is 4.81. The molecular weight excluding hydrogens is 216 g/mol. The van der Waals surface area contributed by atoms with Crippen LogP contribution >= 0.6 is 0 Å². The summed E-state index contributed by atoms with van der Waals surface area (Å²) < 4.78 is 11.8. The molecule has 100 valence electrons. The molecule has 1 N–H and O–H groups in total. The second-order valence-corrected chi connectivity index (χ2v) is 5.49. The first-order chi connectivity index (χ1) is 8.17. The predicted octanol–water partition coefficient (Wildman–Crippen LogP) is 0.863. The monoisotopic (exact) mass is 242 g/mol. The van der Waals surface area contributed by atoms with Crippen molar-refractivity contribution in [2.75, 3.05) is 33.2 Å². The van der Waals surface area contributed by atoms with Crippen LogP contribution in [-0.2, 0) is 9.47 Å². The number of rotatable bonds is 4. The minimum atomic E-state index is 0.355. The van der Waals surface area contributed by atoms with Crippen LogP contribution in [0.1, 0.15) is 26.7 Å². The van der Waals surface area contributed by atoms with Gasteiger partial charge in [0.1, 0.15) is 0 Å². The lowest BCUT2D eigenvalue weighted by Crippen LogP contribution is -2.48. The van der Waals surface area contributed by atoms with E-state index in [1.165, 1.54) is 12.8 Å². The molecule has 4 heteroatoms. The smallest absolute Gasteiger partial charge is 0.0707 e. The fourth-order valence-electron chi connectivity index (χ4n) is 3.01. The Kier molecular flexibility index (Phi) is 4.79. The van der Waals surface area contributed by atoms with Gasteiger partial charge in [0.05, 0.1) is 24.4 Å². The summed E-state index contributed by atoms with van der Waals surface area (Å²) in [6.07, 6.45) is 3.95. The summed E-state index contributed by atoms with van der Waals surface area (Å²) in [7, 11) is 1.99. The van der Waals surface area contributed by atoms with Gasteiger partial charge in [-0.2, -0.15) is 0 Å². The van der Waals surface area contributed by atoms with Gasteiger partial charge in [-0.25, -0.2) is 0 Å². The number of hydrogen-bond acceptors (Lipinski definition) is 4. The van der Waals surface area contributed by atoms with Gasteiger partial charge in [0, 0.05) is 26.2 Å². The maximum atomic E-state index is 6.03. The second kappa shape index (κ2) is 6.14.